The summed E-state index contributed by atoms with van der Waals surface area (Å²) in [6, 6.07) is 1.82. The van der Waals surface area contributed by atoms with Gasteiger partial charge in [-0.1, -0.05) is 0 Å². The molecule has 1 heterocycles. The van der Waals surface area contributed by atoms with Crippen molar-refractivity contribution in [2.45, 2.75) is 6.92 Å². The third-order valence-corrected chi connectivity index (χ3v) is 1.64. The van der Waals surface area contributed by atoms with Gasteiger partial charge in [-0.15, -0.1) is 0 Å². The molecule has 0 aliphatic rings. The normalized spacial score (nSPS) is 10.4. The molecule has 0 bridgehead atoms. The number of hydrogen-bond donors (Lipinski definition) is 3. The predicted octanol–water partition coefficient (Wildman–Crippen LogP) is 0.139. The van der Waals surface area contributed by atoms with Crippen molar-refractivity contribution < 1.29 is 0 Å². The van der Waals surface area contributed by atoms with E-state index < -0.39 is 0 Å². The summed E-state index contributed by atoms with van der Waals surface area (Å²) in [4.78, 5) is 4.04. The standard InChI is InChI=1S/C8H11N5S/c1-5-2-6(11-4-7(5)9)3-12-13-8(10)14/h2-4H,9H2,1H3,(H3,10,13,14). The maximum atomic E-state index is 5.60. The smallest absolute Gasteiger partial charge is 0.184 e. The summed E-state index contributed by atoms with van der Waals surface area (Å²) in [6.45, 7) is 1.90. The van der Waals surface area contributed by atoms with Crippen LogP contribution in [0, 0.1) is 6.92 Å². The number of aryl methyl sites for hydroxylation is 1. The molecule has 0 saturated carbocycles. The Balaban J connectivity index is 2.73. The first-order chi connectivity index (χ1) is 6.59. The predicted molar refractivity (Wildman–Crippen MR) is 60.9 cm³/mol. The van der Waals surface area contributed by atoms with Gasteiger partial charge in [-0.05, 0) is 30.8 Å². The van der Waals surface area contributed by atoms with Crippen molar-refractivity contribution in [3.8, 4) is 0 Å². The van der Waals surface area contributed by atoms with Crippen molar-refractivity contribution in [1.82, 2.24) is 10.4 Å². The lowest BCUT2D eigenvalue weighted by Gasteiger charge is -1.99. The average molecular weight is 209 g/mol. The molecular weight excluding hydrogens is 198 g/mol. The van der Waals surface area contributed by atoms with Crippen LogP contribution in [0.25, 0.3) is 0 Å². The molecule has 0 fully saturated rings. The van der Waals surface area contributed by atoms with Gasteiger partial charge in [0.1, 0.15) is 0 Å². The summed E-state index contributed by atoms with van der Waals surface area (Å²) in [5.41, 5.74) is 15.5. The van der Waals surface area contributed by atoms with E-state index in [-0.39, 0.29) is 5.11 Å². The van der Waals surface area contributed by atoms with Crippen LogP contribution in [-0.2, 0) is 0 Å². The van der Waals surface area contributed by atoms with Gasteiger partial charge in [-0.2, -0.15) is 5.10 Å². The number of thiocarbonyl (C=S) groups is 1. The number of aromatic nitrogens is 1. The summed E-state index contributed by atoms with van der Waals surface area (Å²) in [5.74, 6) is 0. The SMILES string of the molecule is Cc1cc(C=NNC(N)=S)ncc1N. The molecule has 0 aliphatic carbocycles. The van der Waals surface area contributed by atoms with E-state index in [1.165, 1.54) is 6.21 Å². The van der Waals surface area contributed by atoms with E-state index in [1.807, 2.05) is 13.0 Å². The fraction of sp³-hybridized carbons (Fsp3) is 0.125. The number of nitrogens with one attached hydrogen (secondary N) is 1. The number of hydrazone groups is 1. The van der Waals surface area contributed by atoms with Gasteiger partial charge < -0.3 is 11.5 Å². The van der Waals surface area contributed by atoms with Crippen molar-refractivity contribution in [3.05, 3.63) is 23.5 Å². The van der Waals surface area contributed by atoms with E-state index in [2.05, 4.69) is 27.7 Å². The second-order valence-electron chi connectivity index (χ2n) is 2.70. The number of nitrogens with zero attached hydrogens (tertiary/aromatic N) is 2. The average Bonchev–Trinajstić information content (AvgIpc) is 2.10. The van der Waals surface area contributed by atoms with Crippen LogP contribution in [0.2, 0.25) is 0 Å². The molecular formula is C8H11N5S. The van der Waals surface area contributed by atoms with Crippen LogP contribution in [-0.4, -0.2) is 16.3 Å². The van der Waals surface area contributed by atoms with Crippen molar-refractivity contribution in [1.29, 1.82) is 0 Å². The first-order valence-electron chi connectivity index (χ1n) is 3.90. The molecule has 1 aromatic heterocycles. The van der Waals surface area contributed by atoms with Gasteiger partial charge in [-0.25, -0.2) is 0 Å². The number of pyridine rings is 1. The Morgan fingerprint density at radius 1 is 1.71 bits per heavy atom. The molecule has 5 N–H and O–H groups in total. The highest BCUT2D eigenvalue weighted by Crippen LogP contribution is 2.07. The Hall–Kier alpha value is -1.69. The maximum Gasteiger partial charge on any atom is 0.184 e. The van der Waals surface area contributed by atoms with Crippen LogP contribution in [0.1, 0.15) is 11.3 Å². The maximum absolute atomic E-state index is 5.60. The Labute approximate surface area is 87.2 Å². The van der Waals surface area contributed by atoms with Crippen LogP contribution in [0.4, 0.5) is 5.69 Å². The molecule has 0 spiro atoms. The van der Waals surface area contributed by atoms with Crippen molar-refractivity contribution >= 4 is 29.2 Å². The molecule has 6 heteroatoms. The summed E-state index contributed by atoms with van der Waals surface area (Å²) >= 11 is 4.57. The summed E-state index contributed by atoms with van der Waals surface area (Å²) in [5, 5.41) is 3.89. The second-order valence-corrected chi connectivity index (χ2v) is 3.14. The third-order valence-electron chi connectivity index (χ3n) is 1.54. The first-order valence-corrected chi connectivity index (χ1v) is 4.31. The van der Waals surface area contributed by atoms with E-state index in [0.717, 1.165) is 5.56 Å². The minimum Gasteiger partial charge on any atom is -0.397 e. The molecule has 0 saturated heterocycles. The molecule has 0 radical (unpaired) electrons. The van der Waals surface area contributed by atoms with Crippen LogP contribution < -0.4 is 16.9 Å². The molecule has 0 aromatic carbocycles. The van der Waals surface area contributed by atoms with Crippen LogP contribution in [0.5, 0.6) is 0 Å². The monoisotopic (exact) mass is 209 g/mol. The zero-order chi connectivity index (χ0) is 10.6. The molecule has 5 nitrogen and oxygen atoms in total. The molecule has 0 unspecified atom stereocenters. The van der Waals surface area contributed by atoms with Crippen molar-refractivity contribution in [2.75, 3.05) is 5.73 Å². The van der Waals surface area contributed by atoms with Gasteiger partial charge in [-0.3, -0.25) is 10.4 Å². The fourth-order valence-electron chi connectivity index (χ4n) is 0.821. The highest BCUT2D eigenvalue weighted by atomic mass is 32.1. The molecule has 0 amide bonds. The van der Waals surface area contributed by atoms with E-state index in [9.17, 15) is 0 Å². The topological polar surface area (TPSA) is 89.3 Å². The largest absolute Gasteiger partial charge is 0.397 e. The van der Waals surface area contributed by atoms with Gasteiger partial charge in [0.05, 0.1) is 23.8 Å². The van der Waals surface area contributed by atoms with Gasteiger partial charge in [0.15, 0.2) is 5.11 Å². The number of anilines is 1. The van der Waals surface area contributed by atoms with E-state index in [0.29, 0.717) is 11.4 Å². The van der Waals surface area contributed by atoms with Gasteiger partial charge in [0.2, 0.25) is 0 Å². The Bertz CT molecular complexity index is 374. The molecule has 0 atom stereocenters. The van der Waals surface area contributed by atoms with E-state index in [4.69, 9.17) is 11.5 Å². The minimum absolute atomic E-state index is 0.119. The molecule has 74 valence electrons. The van der Waals surface area contributed by atoms with Gasteiger partial charge in [0.25, 0.3) is 0 Å². The van der Waals surface area contributed by atoms with Gasteiger partial charge in [0, 0.05) is 0 Å². The first kappa shape index (κ1) is 10.4. The third kappa shape index (κ3) is 2.98. The summed E-state index contributed by atoms with van der Waals surface area (Å²) in [6.07, 6.45) is 3.10. The minimum atomic E-state index is 0.119. The lowest BCUT2D eigenvalue weighted by Crippen LogP contribution is -2.24. The van der Waals surface area contributed by atoms with Gasteiger partial charge >= 0.3 is 0 Å². The van der Waals surface area contributed by atoms with E-state index in [1.54, 1.807) is 6.20 Å². The van der Waals surface area contributed by atoms with E-state index >= 15 is 0 Å². The number of hydrogen-bond acceptors (Lipinski definition) is 4. The number of nitrogens with two attached hydrogens (primary N) is 2. The lowest BCUT2D eigenvalue weighted by atomic mass is 10.2. The number of rotatable bonds is 2. The zero-order valence-corrected chi connectivity index (χ0v) is 8.51. The molecule has 1 rings (SSSR count). The second kappa shape index (κ2) is 4.52. The molecule has 14 heavy (non-hydrogen) atoms. The van der Waals surface area contributed by atoms with Crippen LogP contribution in [0.3, 0.4) is 0 Å². The molecule has 0 aliphatic heterocycles. The zero-order valence-electron chi connectivity index (χ0n) is 7.69. The van der Waals surface area contributed by atoms with Crippen molar-refractivity contribution in [3.63, 3.8) is 0 Å². The Kier molecular flexibility index (Phi) is 3.35. The Morgan fingerprint density at radius 2 is 2.43 bits per heavy atom. The van der Waals surface area contributed by atoms with Crippen molar-refractivity contribution in [2.24, 2.45) is 10.8 Å². The highest BCUT2D eigenvalue weighted by molar-refractivity contribution is 7.80. The molecule has 1 aromatic rings. The summed E-state index contributed by atoms with van der Waals surface area (Å²) < 4.78 is 0. The lowest BCUT2D eigenvalue weighted by molar-refractivity contribution is 1.04. The highest BCUT2D eigenvalue weighted by Gasteiger charge is 1.94. The van der Waals surface area contributed by atoms with Crippen LogP contribution >= 0.6 is 12.2 Å². The quantitative estimate of drug-likeness (QED) is 0.366. The Morgan fingerprint density at radius 3 is 3.00 bits per heavy atom. The summed E-state index contributed by atoms with van der Waals surface area (Å²) in [7, 11) is 0. The number of nitrogen functional groups attached to an aromatic ring is 1. The van der Waals surface area contributed by atoms with Crippen LogP contribution in [0.15, 0.2) is 17.4 Å². The fourth-order valence-corrected chi connectivity index (χ4v) is 0.874.